The van der Waals surface area contributed by atoms with Crippen molar-refractivity contribution in [2.75, 3.05) is 5.32 Å². The van der Waals surface area contributed by atoms with Gasteiger partial charge in [-0.3, -0.25) is 15.2 Å². The molecule has 0 aliphatic carbocycles. The Bertz CT molecular complexity index is 692. The van der Waals surface area contributed by atoms with E-state index in [0.29, 0.717) is 0 Å². The van der Waals surface area contributed by atoms with Crippen molar-refractivity contribution in [2.45, 2.75) is 12.5 Å². The zero-order valence-electron chi connectivity index (χ0n) is 10.8. The second kappa shape index (κ2) is 5.78. The summed E-state index contributed by atoms with van der Waals surface area (Å²) in [5.41, 5.74) is -0.127. The number of aromatic amines is 1. The fourth-order valence-electron chi connectivity index (χ4n) is 1.43. The van der Waals surface area contributed by atoms with E-state index in [1.807, 2.05) is 5.32 Å². The number of amides is 1. The van der Waals surface area contributed by atoms with Crippen molar-refractivity contribution < 1.29 is 35.9 Å². The molecule has 0 saturated carbocycles. The van der Waals surface area contributed by atoms with Crippen LogP contribution in [0.3, 0.4) is 0 Å². The summed E-state index contributed by atoms with van der Waals surface area (Å²) in [5.74, 6) is -3.48. The Labute approximate surface area is 123 Å². The highest BCUT2D eigenvalue weighted by Gasteiger charge is 2.35. The van der Waals surface area contributed by atoms with Gasteiger partial charge >= 0.3 is 12.5 Å². The van der Waals surface area contributed by atoms with E-state index in [1.54, 1.807) is 5.10 Å². The Balaban J connectivity index is 2.05. The van der Waals surface area contributed by atoms with Crippen molar-refractivity contribution in [1.82, 2.24) is 15.2 Å². The maximum Gasteiger partial charge on any atom is 0.573 e. The van der Waals surface area contributed by atoms with Crippen LogP contribution in [0.1, 0.15) is 16.2 Å². The van der Waals surface area contributed by atoms with Gasteiger partial charge in [0.15, 0.2) is 0 Å². The minimum atomic E-state index is -4.88. The highest BCUT2D eigenvalue weighted by Crippen LogP contribution is 2.26. The summed E-state index contributed by atoms with van der Waals surface area (Å²) in [6.07, 6.45) is -9.64. The van der Waals surface area contributed by atoms with Crippen molar-refractivity contribution in [3.63, 3.8) is 0 Å². The first-order valence-electron chi connectivity index (χ1n) is 5.71. The molecule has 23 heavy (non-hydrogen) atoms. The van der Waals surface area contributed by atoms with E-state index in [0.717, 1.165) is 24.3 Å². The van der Waals surface area contributed by atoms with Crippen LogP contribution in [0.2, 0.25) is 0 Å². The van der Waals surface area contributed by atoms with Crippen LogP contribution in [0.4, 0.5) is 32.3 Å². The van der Waals surface area contributed by atoms with Gasteiger partial charge in [-0.1, -0.05) is 0 Å². The average Bonchev–Trinajstić information content (AvgIpc) is 2.86. The molecule has 0 fully saturated rings. The molecule has 0 aliphatic heterocycles. The van der Waals surface area contributed by atoms with Crippen LogP contribution >= 0.6 is 0 Å². The number of nitrogens with zero attached hydrogens (tertiary/aromatic N) is 2. The van der Waals surface area contributed by atoms with Crippen LogP contribution < -0.4 is 10.1 Å². The molecule has 0 spiro atoms. The first-order valence-corrected chi connectivity index (χ1v) is 5.71. The minimum Gasteiger partial charge on any atom is -0.406 e. The first-order chi connectivity index (χ1) is 10.5. The number of benzene rings is 1. The quantitative estimate of drug-likeness (QED) is 0.842. The predicted molar refractivity (Wildman–Crippen MR) is 62.5 cm³/mol. The molecule has 0 atom stereocenters. The zero-order chi connectivity index (χ0) is 17.3. The maximum atomic E-state index is 12.3. The first kappa shape index (κ1) is 16.6. The molecule has 0 aliphatic rings. The van der Waals surface area contributed by atoms with Gasteiger partial charge in [0.25, 0.3) is 5.91 Å². The minimum absolute atomic E-state index is 0.127. The molecule has 0 saturated heterocycles. The van der Waals surface area contributed by atoms with Crippen LogP contribution in [0.5, 0.6) is 5.75 Å². The van der Waals surface area contributed by atoms with Crippen molar-refractivity contribution in [3.8, 4) is 5.75 Å². The number of rotatable bonds is 3. The van der Waals surface area contributed by atoms with Gasteiger partial charge in [-0.15, -0.1) is 18.3 Å². The molecule has 1 aromatic heterocycles. The summed E-state index contributed by atoms with van der Waals surface area (Å²) in [6, 6.07) is 3.74. The molecule has 12 heteroatoms. The van der Waals surface area contributed by atoms with Crippen LogP contribution in [0.25, 0.3) is 0 Å². The van der Waals surface area contributed by atoms with Crippen molar-refractivity contribution >= 4 is 11.9 Å². The van der Waals surface area contributed by atoms with E-state index in [2.05, 4.69) is 14.8 Å². The molecule has 1 amide bonds. The smallest absolute Gasteiger partial charge is 0.406 e. The second-order valence-electron chi connectivity index (χ2n) is 4.03. The summed E-state index contributed by atoms with van der Waals surface area (Å²) >= 11 is 0. The number of hydrogen-bond acceptors (Lipinski definition) is 4. The normalized spacial score (nSPS) is 12.1. The fourth-order valence-corrected chi connectivity index (χ4v) is 1.43. The summed E-state index contributed by atoms with van der Waals surface area (Å²) in [4.78, 5) is 14.7. The van der Waals surface area contributed by atoms with E-state index in [-0.39, 0.29) is 5.56 Å². The third-order valence-electron chi connectivity index (χ3n) is 2.33. The SMILES string of the molecule is O=C(Nc1n[nH]c(C(F)(F)F)n1)c1ccc(OC(F)(F)F)cc1. The molecule has 1 aromatic carbocycles. The second-order valence-corrected chi connectivity index (χ2v) is 4.03. The zero-order valence-corrected chi connectivity index (χ0v) is 10.8. The van der Waals surface area contributed by atoms with E-state index < -0.39 is 36.0 Å². The lowest BCUT2D eigenvalue weighted by atomic mass is 10.2. The summed E-state index contributed by atoms with van der Waals surface area (Å²) in [7, 11) is 0. The Morgan fingerprint density at radius 1 is 1.09 bits per heavy atom. The molecule has 2 N–H and O–H groups in total. The van der Waals surface area contributed by atoms with E-state index in [1.165, 1.54) is 0 Å². The number of carbonyl (C=O) groups excluding carboxylic acids is 1. The molecule has 0 radical (unpaired) electrons. The van der Waals surface area contributed by atoms with Crippen molar-refractivity contribution in [1.29, 1.82) is 0 Å². The lowest BCUT2D eigenvalue weighted by Gasteiger charge is -2.08. The van der Waals surface area contributed by atoms with Gasteiger partial charge in [0.1, 0.15) is 5.75 Å². The number of carbonyl (C=O) groups is 1. The number of aromatic nitrogens is 3. The van der Waals surface area contributed by atoms with Gasteiger partial charge in [-0.05, 0) is 24.3 Å². The number of alkyl halides is 6. The summed E-state index contributed by atoms with van der Waals surface area (Å²) < 4.78 is 76.4. The molecule has 0 bridgehead atoms. The molecular formula is C11H6F6N4O2. The fraction of sp³-hybridized carbons (Fsp3) is 0.182. The molecule has 6 nitrogen and oxygen atoms in total. The van der Waals surface area contributed by atoms with Crippen LogP contribution in [0.15, 0.2) is 24.3 Å². The Morgan fingerprint density at radius 3 is 2.17 bits per heavy atom. The van der Waals surface area contributed by atoms with Gasteiger partial charge in [-0.2, -0.15) is 18.2 Å². The molecule has 2 aromatic rings. The number of nitrogens with one attached hydrogen (secondary N) is 2. The molecule has 1 heterocycles. The lowest BCUT2D eigenvalue weighted by Crippen LogP contribution is -2.17. The standard InChI is InChI=1S/C11H6F6N4O2/c12-10(13,14)8-19-9(21-20-8)18-7(22)5-1-3-6(4-2-5)23-11(15,16)17/h1-4H,(H2,18,19,20,21,22). The molecule has 124 valence electrons. The Morgan fingerprint density at radius 2 is 1.70 bits per heavy atom. The van der Waals surface area contributed by atoms with Gasteiger partial charge < -0.3 is 4.74 Å². The van der Waals surface area contributed by atoms with Crippen molar-refractivity contribution in [3.05, 3.63) is 35.7 Å². The summed E-state index contributed by atoms with van der Waals surface area (Å²) in [6.45, 7) is 0. The number of H-pyrrole nitrogens is 1. The topological polar surface area (TPSA) is 79.9 Å². The highest BCUT2D eigenvalue weighted by atomic mass is 19.4. The number of hydrogen-bond donors (Lipinski definition) is 2. The average molecular weight is 340 g/mol. The van der Waals surface area contributed by atoms with Gasteiger partial charge in [0.05, 0.1) is 0 Å². The van der Waals surface area contributed by atoms with Gasteiger partial charge in [0.2, 0.25) is 11.8 Å². The van der Waals surface area contributed by atoms with Gasteiger partial charge in [0, 0.05) is 5.56 Å². The molecule has 0 unspecified atom stereocenters. The predicted octanol–water partition coefficient (Wildman–Crippen LogP) is 2.97. The highest BCUT2D eigenvalue weighted by molar-refractivity contribution is 6.03. The van der Waals surface area contributed by atoms with Crippen molar-refractivity contribution in [2.24, 2.45) is 0 Å². The third kappa shape index (κ3) is 4.59. The number of ether oxygens (including phenoxy) is 1. The Kier molecular flexibility index (Phi) is 4.16. The molecule has 2 rings (SSSR count). The van der Waals surface area contributed by atoms with Gasteiger partial charge in [-0.25, -0.2) is 0 Å². The van der Waals surface area contributed by atoms with Crippen LogP contribution in [0, 0.1) is 0 Å². The Hall–Kier alpha value is -2.79. The van der Waals surface area contributed by atoms with E-state index >= 15 is 0 Å². The van der Waals surface area contributed by atoms with Crippen LogP contribution in [-0.2, 0) is 6.18 Å². The monoisotopic (exact) mass is 340 g/mol. The lowest BCUT2D eigenvalue weighted by molar-refractivity contribution is -0.274. The number of anilines is 1. The summed E-state index contributed by atoms with van der Waals surface area (Å²) in [5, 5.41) is 6.71. The number of halogens is 6. The largest absolute Gasteiger partial charge is 0.573 e. The molecular weight excluding hydrogens is 334 g/mol. The van der Waals surface area contributed by atoms with E-state index in [4.69, 9.17) is 0 Å². The van der Waals surface area contributed by atoms with E-state index in [9.17, 15) is 31.1 Å². The van der Waals surface area contributed by atoms with Crippen LogP contribution in [-0.4, -0.2) is 27.5 Å². The third-order valence-corrected chi connectivity index (χ3v) is 2.33. The maximum absolute atomic E-state index is 12.3.